The van der Waals surface area contributed by atoms with E-state index in [-0.39, 0.29) is 16.7 Å². The van der Waals surface area contributed by atoms with Crippen molar-refractivity contribution in [1.29, 1.82) is 0 Å². The number of nitrogens with one attached hydrogen (secondary N) is 1. The predicted octanol–water partition coefficient (Wildman–Crippen LogP) is 1.91. The van der Waals surface area contributed by atoms with Gasteiger partial charge in [-0.05, 0) is 29.7 Å². The number of hydrogen-bond acceptors (Lipinski definition) is 2. The molecule has 1 fully saturated rings. The summed E-state index contributed by atoms with van der Waals surface area (Å²) in [6.07, 6.45) is 1.48. The maximum Gasteiger partial charge on any atom is 0.220 e. The van der Waals surface area contributed by atoms with Crippen LogP contribution < -0.4 is 11.1 Å². The van der Waals surface area contributed by atoms with E-state index in [1.54, 1.807) is 0 Å². The highest BCUT2D eigenvalue weighted by Gasteiger charge is 2.65. The van der Waals surface area contributed by atoms with Crippen molar-refractivity contribution < 1.29 is 4.79 Å². The van der Waals surface area contributed by atoms with Crippen LogP contribution in [0.15, 0.2) is 0 Å². The van der Waals surface area contributed by atoms with Crippen molar-refractivity contribution >= 4 is 5.91 Å². The average Bonchev–Trinajstić information content (AvgIpc) is 2.57. The second-order valence-corrected chi connectivity index (χ2v) is 6.32. The maximum absolute atomic E-state index is 11.7. The molecule has 94 valence electrons. The first-order valence-electron chi connectivity index (χ1n) is 6.23. The zero-order valence-corrected chi connectivity index (χ0v) is 11.3. The Bertz CT molecular complexity index is 257. The van der Waals surface area contributed by atoms with Crippen LogP contribution in [-0.4, -0.2) is 18.5 Å². The Hall–Kier alpha value is -0.570. The number of hydrogen-bond donors (Lipinski definition) is 2. The number of carbonyl (C=O) groups is 1. The van der Waals surface area contributed by atoms with E-state index in [4.69, 9.17) is 5.73 Å². The van der Waals surface area contributed by atoms with E-state index in [9.17, 15) is 4.79 Å². The van der Waals surface area contributed by atoms with Crippen LogP contribution in [0.1, 0.15) is 47.5 Å². The molecule has 16 heavy (non-hydrogen) atoms. The summed E-state index contributed by atoms with van der Waals surface area (Å²) in [4.78, 5) is 11.7. The van der Waals surface area contributed by atoms with Gasteiger partial charge in [-0.25, -0.2) is 0 Å². The van der Waals surface area contributed by atoms with Gasteiger partial charge in [-0.3, -0.25) is 4.79 Å². The molecule has 3 N–H and O–H groups in total. The highest BCUT2D eigenvalue weighted by atomic mass is 16.1. The predicted molar refractivity (Wildman–Crippen MR) is 66.9 cm³/mol. The minimum absolute atomic E-state index is 0.170. The maximum atomic E-state index is 11.7. The Morgan fingerprint density at radius 3 is 2.19 bits per heavy atom. The van der Waals surface area contributed by atoms with Crippen molar-refractivity contribution in [2.75, 3.05) is 6.54 Å². The fraction of sp³-hybridized carbons (Fsp3) is 0.923. The van der Waals surface area contributed by atoms with Crippen LogP contribution in [0.2, 0.25) is 0 Å². The summed E-state index contributed by atoms with van der Waals surface area (Å²) in [7, 11) is 0. The molecule has 0 radical (unpaired) electrons. The molecule has 1 amide bonds. The Balaban J connectivity index is 2.32. The van der Waals surface area contributed by atoms with Crippen LogP contribution in [0.25, 0.3) is 0 Å². The highest BCUT2D eigenvalue weighted by Crippen LogP contribution is 2.62. The summed E-state index contributed by atoms with van der Waals surface area (Å²) < 4.78 is 0. The summed E-state index contributed by atoms with van der Waals surface area (Å²) in [6.45, 7) is 11.6. The fourth-order valence-electron chi connectivity index (χ4n) is 2.29. The van der Waals surface area contributed by atoms with Crippen LogP contribution in [0.5, 0.6) is 0 Å². The molecule has 1 aliphatic carbocycles. The molecule has 0 aromatic rings. The molecule has 1 aliphatic rings. The van der Waals surface area contributed by atoms with Crippen molar-refractivity contribution in [3.05, 3.63) is 0 Å². The third-order valence-electron chi connectivity index (χ3n) is 4.59. The molecule has 1 atom stereocenters. The van der Waals surface area contributed by atoms with Crippen molar-refractivity contribution in [3.8, 4) is 0 Å². The molecule has 0 aromatic carbocycles. The first-order chi connectivity index (χ1) is 7.23. The normalized spacial score (nSPS) is 23.9. The lowest BCUT2D eigenvalue weighted by molar-refractivity contribution is -0.121. The van der Waals surface area contributed by atoms with Crippen LogP contribution in [0.4, 0.5) is 0 Å². The molecule has 0 spiro atoms. The van der Waals surface area contributed by atoms with Gasteiger partial charge < -0.3 is 11.1 Å². The van der Waals surface area contributed by atoms with Gasteiger partial charge in [0, 0.05) is 12.5 Å². The number of rotatable bonds is 5. The zero-order chi connectivity index (χ0) is 12.6. The first kappa shape index (κ1) is 13.5. The van der Waals surface area contributed by atoms with Crippen molar-refractivity contribution in [2.24, 2.45) is 22.5 Å². The first-order valence-corrected chi connectivity index (χ1v) is 6.23. The van der Waals surface area contributed by atoms with Crippen molar-refractivity contribution in [3.63, 3.8) is 0 Å². The van der Waals surface area contributed by atoms with Gasteiger partial charge >= 0.3 is 0 Å². The molecule has 1 rings (SSSR count). The van der Waals surface area contributed by atoms with Gasteiger partial charge in [-0.1, -0.05) is 34.6 Å². The number of nitrogens with two attached hydrogens (primary N) is 1. The van der Waals surface area contributed by atoms with Gasteiger partial charge in [0.2, 0.25) is 5.91 Å². The van der Waals surface area contributed by atoms with E-state index in [0.29, 0.717) is 24.9 Å². The topological polar surface area (TPSA) is 55.1 Å². The smallest absolute Gasteiger partial charge is 0.220 e. The van der Waals surface area contributed by atoms with Gasteiger partial charge in [-0.2, -0.15) is 0 Å². The molecule has 3 nitrogen and oxygen atoms in total. The molecule has 1 unspecified atom stereocenters. The summed E-state index contributed by atoms with van der Waals surface area (Å²) in [5.41, 5.74) is 5.98. The molecule has 3 heteroatoms. The molecule has 0 saturated heterocycles. The Kier molecular flexibility index (Phi) is 3.68. The standard InChI is InChI=1S/C13H26N2O/c1-9(8-14)6-7-10(16)15-11-12(2,3)13(11,4)5/h9,11H,6-8,14H2,1-5H3,(H,15,16). The Labute approximate surface area is 99.2 Å². The Morgan fingerprint density at radius 2 is 1.81 bits per heavy atom. The van der Waals surface area contributed by atoms with Crippen LogP contribution in [0.3, 0.4) is 0 Å². The van der Waals surface area contributed by atoms with E-state index in [1.165, 1.54) is 0 Å². The summed E-state index contributed by atoms with van der Waals surface area (Å²) in [5.74, 6) is 0.606. The van der Waals surface area contributed by atoms with E-state index in [0.717, 1.165) is 6.42 Å². The SMILES string of the molecule is CC(CN)CCC(=O)NC1C(C)(C)C1(C)C. The Morgan fingerprint density at radius 1 is 1.31 bits per heavy atom. The van der Waals surface area contributed by atoms with E-state index in [1.807, 2.05) is 0 Å². The monoisotopic (exact) mass is 226 g/mol. The summed E-state index contributed by atoms with van der Waals surface area (Å²) in [6, 6.07) is 0.320. The largest absolute Gasteiger partial charge is 0.352 e. The quantitative estimate of drug-likeness (QED) is 0.752. The lowest BCUT2D eigenvalue weighted by atomic mass is 10.0. The zero-order valence-electron chi connectivity index (χ0n) is 11.3. The second kappa shape index (κ2) is 4.36. The van der Waals surface area contributed by atoms with Gasteiger partial charge in [0.1, 0.15) is 0 Å². The minimum atomic E-state index is 0.170. The third kappa shape index (κ3) is 2.40. The van der Waals surface area contributed by atoms with E-state index < -0.39 is 0 Å². The number of carbonyl (C=O) groups excluding carboxylic acids is 1. The third-order valence-corrected chi connectivity index (χ3v) is 4.59. The molecular weight excluding hydrogens is 200 g/mol. The molecule has 0 heterocycles. The highest BCUT2D eigenvalue weighted by molar-refractivity contribution is 5.77. The summed E-state index contributed by atoms with van der Waals surface area (Å²) in [5, 5.41) is 3.13. The molecule has 0 bridgehead atoms. The molecule has 0 aliphatic heterocycles. The average molecular weight is 226 g/mol. The van der Waals surface area contributed by atoms with E-state index in [2.05, 4.69) is 39.9 Å². The minimum Gasteiger partial charge on any atom is -0.352 e. The van der Waals surface area contributed by atoms with Gasteiger partial charge in [0.05, 0.1) is 0 Å². The lowest BCUT2D eigenvalue weighted by Crippen LogP contribution is -2.30. The van der Waals surface area contributed by atoms with Crippen LogP contribution >= 0.6 is 0 Å². The van der Waals surface area contributed by atoms with Gasteiger partial charge in [-0.15, -0.1) is 0 Å². The van der Waals surface area contributed by atoms with Gasteiger partial charge in [0.25, 0.3) is 0 Å². The van der Waals surface area contributed by atoms with Crippen LogP contribution in [-0.2, 0) is 4.79 Å². The molecule has 0 aromatic heterocycles. The van der Waals surface area contributed by atoms with Gasteiger partial charge in [0.15, 0.2) is 0 Å². The fourth-order valence-corrected chi connectivity index (χ4v) is 2.29. The molecule has 1 saturated carbocycles. The number of amides is 1. The van der Waals surface area contributed by atoms with Crippen LogP contribution in [0, 0.1) is 16.7 Å². The van der Waals surface area contributed by atoms with Crippen molar-refractivity contribution in [1.82, 2.24) is 5.32 Å². The molecular formula is C13H26N2O. The van der Waals surface area contributed by atoms with E-state index >= 15 is 0 Å². The summed E-state index contributed by atoms with van der Waals surface area (Å²) >= 11 is 0. The lowest BCUT2D eigenvalue weighted by Gasteiger charge is -2.09. The second-order valence-electron chi connectivity index (χ2n) is 6.32. The van der Waals surface area contributed by atoms with Crippen molar-refractivity contribution in [2.45, 2.75) is 53.5 Å².